The number of aromatic carboxylic acids is 1. The number of nitrogens with one attached hydrogen (secondary N) is 2. The van der Waals surface area contributed by atoms with E-state index in [1.165, 1.54) is 0 Å². The summed E-state index contributed by atoms with van der Waals surface area (Å²) >= 11 is 5.99. The van der Waals surface area contributed by atoms with E-state index in [2.05, 4.69) is 15.3 Å². The SMILES string of the molecule is O=C(Cc1c(C(=O)O)[nH]c2ccc(Cl)cc12)NCc1ccccn1. The lowest BCUT2D eigenvalue weighted by atomic mass is 10.1. The fraction of sp³-hybridized carbons (Fsp3) is 0.118. The molecule has 0 spiro atoms. The molecule has 1 aromatic carbocycles. The number of aromatic amines is 1. The van der Waals surface area contributed by atoms with Gasteiger partial charge in [-0.3, -0.25) is 9.78 Å². The van der Waals surface area contributed by atoms with Crippen LogP contribution in [0.4, 0.5) is 0 Å². The standard InChI is InChI=1S/C17H14ClN3O3/c18-10-4-5-14-12(7-10)13(16(21-14)17(23)24)8-15(22)20-9-11-3-1-2-6-19-11/h1-7,21H,8-9H2,(H,20,22)(H,23,24). The van der Waals surface area contributed by atoms with E-state index in [0.717, 1.165) is 5.69 Å². The summed E-state index contributed by atoms with van der Waals surface area (Å²) in [6.07, 6.45) is 1.58. The van der Waals surface area contributed by atoms with Crippen molar-refractivity contribution in [1.29, 1.82) is 0 Å². The lowest BCUT2D eigenvalue weighted by Gasteiger charge is -2.05. The Morgan fingerprint density at radius 3 is 2.79 bits per heavy atom. The van der Waals surface area contributed by atoms with Crippen LogP contribution in [-0.2, 0) is 17.8 Å². The maximum absolute atomic E-state index is 12.2. The van der Waals surface area contributed by atoms with E-state index in [4.69, 9.17) is 11.6 Å². The first-order valence-electron chi connectivity index (χ1n) is 7.24. The van der Waals surface area contributed by atoms with Gasteiger partial charge in [0.25, 0.3) is 0 Å². The summed E-state index contributed by atoms with van der Waals surface area (Å²) in [6, 6.07) is 10.4. The molecule has 122 valence electrons. The fourth-order valence-electron chi connectivity index (χ4n) is 2.50. The van der Waals surface area contributed by atoms with Crippen LogP contribution in [0, 0.1) is 0 Å². The van der Waals surface area contributed by atoms with Gasteiger partial charge in [0.1, 0.15) is 5.69 Å². The van der Waals surface area contributed by atoms with Gasteiger partial charge in [0.15, 0.2) is 0 Å². The fourth-order valence-corrected chi connectivity index (χ4v) is 2.67. The highest BCUT2D eigenvalue weighted by Gasteiger charge is 2.19. The maximum Gasteiger partial charge on any atom is 0.352 e. The van der Waals surface area contributed by atoms with Crippen LogP contribution in [0.5, 0.6) is 0 Å². The summed E-state index contributed by atoms with van der Waals surface area (Å²) in [6.45, 7) is 0.283. The van der Waals surface area contributed by atoms with Crippen molar-refractivity contribution in [2.45, 2.75) is 13.0 Å². The lowest BCUT2D eigenvalue weighted by molar-refractivity contribution is -0.120. The predicted octanol–water partition coefficient (Wildman–Crippen LogP) is 2.77. The number of benzene rings is 1. The number of hydrogen-bond donors (Lipinski definition) is 3. The first-order valence-corrected chi connectivity index (χ1v) is 7.62. The molecule has 0 aliphatic rings. The number of carboxylic acids is 1. The Bertz CT molecular complexity index is 906. The zero-order valence-electron chi connectivity index (χ0n) is 12.5. The van der Waals surface area contributed by atoms with Crippen LogP contribution >= 0.6 is 11.6 Å². The highest BCUT2D eigenvalue weighted by Crippen LogP contribution is 2.26. The number of carboxylic acid groups (broad SMARTS) is 1. The van der Waals surface area contributed by atoms with Gasteiger partial charge in [-0.25, -0.2) is 4.79 Å². The highest BCUT2D eigenvalue weighted by molar-refractivity contribution is 6.31. The molecule has 0 bridgehead atoms. The monoisotopic (exact) mass is 343 g/mol. The minimum atomic E-state index is -1.12. The van der Waals surface area contributed by atoms with Crippen LogP contribution in [0.25, 0.3) is 10.9 Å². The van der Waals surface area contributed by atoms with Crippen molar-refractivity contribution in [1.82, 2.24) is 15.3 Å². The van der Waals surface area contributed by atoms with E-state index in [1.807, 2.05) is 6.07 Å². The average molecular weight is 344 g/mol. The molecular weight excluding hydrogens is 330 g/mol. The van der Waals surface area contributed by atoms with E-state index in [1.54, 1.807) is 36.5 Å². The predicted molar refractivity (Wildman–Crippen MR) is 90.1 cm³/mol. The number of nitrogens with zero attached hydrogens (tertiary/aromatic N) is 1. The molecule has 0 aliphatic carbocycles. The van der Waals surface area contributed by atoms with Crippen molar-refractivity contribution < 1.29 is 14.7 Å². The van der Waals surface area contributed by atoms with Gasteiger partial charge in [0, 0.05) is 27.7 Å². The highest BCUT2D eigenvalue weighted by atomic mass is 35.5. The molecule has 0 aliphatic heterocycles. The van der Waals surface area contributed by atoms with Crippen molar-refractivity contribution >= 4 is 34.4 Å². The molecule has 3 aromatic rings. The number of carbonyl (C=O) groups is 2. The zero-order valence-corrected chi connectivity index (χ0v) is 13.3. The van der Waals surface area contributed by atoms with Gasteiger partial charge in [-0.1, -0.05) is 17.7 Å². The molecular formula is C17H14ClN3O3. The summed E-state index contributed by atoms with van der Waals surface area (Å²) in [7, 11) is 0. The minimum Gasteiger partial charge on any atom is -0.477 e. The number of rotatable bonds is 5. The van der Waals surface area contributed by atoms with Gasteiger partial charge >= 0.3 is 5.97 Å². The van der Waals surface area contributed by atoms with Crippen LogP contribution in [0.2, 0.25) is 5.02 Å². The molecule has 0 saturated carbocycles. The quantitative estimate of drug-likeness (QED) is 0.663. The Hall–Kier alpha value is -2.86. The van der Waals surface area contributed by atoms with Crippen LogP contribution < -0.4 is 5.32 Å². The van der Waals surface area contributed by atoms with Crippen molar-refractivity contribution in [2.24, 2.45) is 0 Å². The van der Waals surface area contributed by atoms with Crippen molar-refractivity contribution in [3.8, 4) is 0 Å². The summed E-state index contributed by atoms with van der Waals surface area (Å²) in [5, 5.41) is 13.2. The largest absolute Gasteiger partial charge is 0.477 e. The molecule has 0 radical (unpaired) electrons. The molecule has 3 N–H and O–H groups in total. The molecule has 0 unspecified atom stereocenters. The summed E-state index contributed by atoms with van der Waals surface area (Å²) in [5.74, 6) is -1.40. The normalized spacial score (nSPS) is 10.7. The van der Waals surface area contributed by atoms with Gasteiger partial charge in [-0.2, -0.15) is 0 Å². The molecule has 0 fully saturated rings. The molecule has 6 nitrogen and oxygen atoms in total. The van der Waals surface area contributed by atoms with Crippen molar-refractivity contribution in [2.75, 3.05) is 0 Å². The average Bonchev–Trinajstić information content (AvgIpc) is 2.92. The third kappa shape index (κ3) is 3.38. The Labute approximate surface area is 142 Å². The molecule has 3 rings (SSSR count). The van der Waals surface area contributed by atoms with E-state index >= 15 is 0 Å². The molecule has 0 saturated heterocycles. The number of fused-ring (bicyclic) bond motifs is 1. The minimum absolute atomic E-state index is 0.000234. The number of pyridine rings is 1. The van der Waals surface area contributed by atoms with Crippen LogP contribution in [-0.4, -0.2) is 27.0 Å². The molecule has 24 heavy (non-hydrogen) atoms. The number of aromatic nitrogens is 2. The molecule has 2 heterocycles. The second-order valence-electron chi connectivity index (χ2n) is 5.25. The molecule has 0 atom stereocenters. The Balaban J connectivity index is 1.83. The summed E-state index contributed by atoms with van der Waals surface area (Å²) in [5.41, 5.74) is 1.77. The number of amides is 1. The third-order valence-corrected chi connectivity index (χ3v) is 3.85. The second-order valence-corrected chi connectivity index (χ2v) is 5.68. The second kappa shape index (κ2) is 6.72. The smallest absolute Gasteiger partial charge is 0.352 e. The van der Waals surface area contributed by atoms with Crippen molar-refractivity contribution in [3.05, 3.63) is 64.6 Å². The van der Waals surface area contributed by atoms with Crippen LogP contribution in [0.3, 0.4) is 0 Å². The first-order chi connectivity index (χ1) is 11.5. The summed E-state index contributed by atoms with van der Waals surface area (Å²) < 4.78 is 0. The maximum atomic E-state index is 12.2. The zero-order chi connectivity index (χ0) is 17.1. The van der Waals surface area contributed by atoms with E-state index in [-0.39, 0.29) is 24.6 Å². The van der Waals surface area contributed by atoms with Gasteiger partial charge < -0.3 is 15.4 Å². The van der Waals surface area contributed by atoms with Crippen molar-refractivity contribution in [3.63, 3.8) is 0 Å². The Morgan fingerprint density at radius 1 is 1.25 bits per heavy atom. The van der Waals surface area contributed by atoms with E-state index in [9.17, 15) is 14.7 Å². The number of H-pyrrole nitrogens is 1. The number of halogens is 1. The topological polar surface area (TPSA) is 95.1 Å². The molecule has 1 amide bonds. The lowest BCUT2D eigenvalue weighted by Crippen LogP contribution is -2.25. The van der Waals surface area contributed by atoms with Gasteiger partial charge in [-0.05, 0) is 30.3 Å². The van der Waals surface area contributed by atoms with Gasteiger partial charge in [0.2, 0.25) is 5.91 Å². The molecule has 7 heteroatoms. The van der Waals surface area contributed by atoms with Gasteiger partial charge in [-0.15, -0.1) is 0 Å². The number of carbonyl (C=O) groups excluding carboxylic acids is 1. The summed E-state index contributed by atoms with van der Waals surface area (Å²) in [4.78, 5) is 30.6. The van der Waals surface area contributed by atoms with Crippen LogP contribution in [0.15, 0.2) is 42.6 Å². The van der Waals surface area contributed by atoms with Gasteiger partial charge in [0.05, 0.1) is 18.7 Å². The molecule has 2 aromatic heterocycles. The van der Waals surface area contributed by atoms with E-state index < -0.39 is 5.97 Å². The third-order valence-electron chi connectivity index (χ3n) is 3.61. The number of hydrogen-bond acceptors (Lipinski definition) is 3. The first kappa shape index (κ1) is 16.0. The van der Waals surface area contributed by atoms with E-state index in [0.29, 0.717) is 21.5 Å². The van der Waals surface area contributed by atoms with Crippen LogP contribution in [0.1, 0.15) is 21.7 Å². The Kier molecular flexibility index (Phi) is 4.48. The Morgan fingerprint density at radius 2 is 2.08 bits per heavy atom.